The van der Waals surface area contributed by atoms with E-state index in [9.17, 15) is 4.79 Å². The fraction of sp³-hybridized carbons (Fsp3) is 0.235. The smallest absolute Gasteiger partial charge is 0.246 e. The molecule has 0 radical (unpaired) electrons. The third kappa shape index (κ3) is 2.90. The quantitative estimate of drug-likeness (QED) is 0.769. The summed E-state index contributed by atoms with van der Waals surface area (Å²) in [5.41, 5.74) is 1.79. The molecule has 0 atom stereocenters. The number of benzene rings is 1. The molecule has 6 nitrogen and oxygen atoms in total. The van der Waals surface area contributed by atoms with Crippen LogP contribution in [0.25, 0.3) is 10.7 Å². The highest BCUT2D eigenvalue weighted by atomic mass is 32.1. The maximum atomic E-state index is 12.0. The number of nitrogens with one attached hydrogen (secondary N) is 1. The molecule has 0 bridgehead atoms. The van der Waals surface area contributed by atoms with Crippen LogP contribution >= 0.6 is 11.3 Å². The van der Waals surface area contributed by atoms with Crippen molar-refractivity contribution in [3.63, 3.8) is 0 Å². The Labute approximate surface area is 143 Å². The molecule has 3 aromatic rings. The first kappa shape index (κ1) is 14.9. The zero-order valence-electron chi connectivity index (χ0n) is 12.9. The Morgan fingerprint density at radius 1 is 1.25 bits per heavy atom. The highest BCUT2D eigenvalue weighted by Gasteiger charge is 2.23. The molecule has 1 aromatic carbocycles. The van der Waals surface area contributed by atoms with Gasteiger partial charge >= 0.3 is 0 Å². The molecule has 0 aliphatic carbocycles. The summed E-state index contributed by atoms with van der Waals surface area (Å²) >= 11 is 1.57. The molecule has 0 spiro atoms. The van der Waals surface area contributed by atoms with E-state index in [1.165, 1.54) is 0 Å². The van der Waals surface area contributed by atoms with Crippen LogP contribution in [0.15, 0.2) is 46.3 Å². The van der Waals surface area contributed by atoms with Gasteiger partial charge in [-0.2, -0.15) is 4.98 Å². The molecule has 2 aromatic heterocycles. The molecule has 1 fully saturated rings. The molecule has 0 saturated carbocycles. The molecule has 7 heteroatoms. The van der Waals surface area contributed by atoms with Gasteiger partial charge in [-0.15, -0.1) is 11.3 Å². The molecule has 24 heavy (non-hydrogen) atoms. The van der Waals surface area contributed by atoms with Gasteiger partial charge in [-0.1, -0.05) is 23.4 Å². The maximum Gasteiger partial charge on any atom is 0.246 e. The number of thiophene rings is 1. The third-order valence-corrected chi connectivity index (χ3v) is 4.77. The first-order valence-electron chi connectivity index (χ1n) is 7.81. The van der Waals surface area contributed by atoms with E-state index >= 15 is 0 Å². The van der Waals surface area contributed by atoms with Crippen molar-refractivity contribution in [1.82, 2.24) is 10.1 Å². The lowest BCUT2D eigenvalue weighted by Gasteiger charge is -2.19. The lowest BCUT2D eigenvalue weighted by Crippen LogP contribution is -2.24. The number of amides is 1. The van der Waals surface area contributed by atoms with E-state index < -0.39 is 0 Å². The van der Waals surface area contributed by atoms with Gasteiger partial charge in [-0.25, -0.2) is 0 Å². The lowest BCUT2D eigenvalue weighted by molar-refractivity contribution is -0.117. The highest BCUT2D eigenvalue weighted by molar-refractivity contribution is 7.13. The summed E-state index contributed by atoms with van der Waals surface area (Å²) < 4.78 is 5.30. The SMILES string of the molecule is O=C1CCCN1c1ccccc1NCc1nc(-c2cccs2)no1. The fourth-order valence-electron chi connectivity index (χ4n) is 2.76. The molecular formula is C17H16N4O2S. The summed E-state index contributed by atoms with van der Waals surface area (Å²) in [6, 6.07) is 11.7. The molecule has 0 unspecified atom stereocenters. The van der Waals surface area contributed by atoms with Gasteiger partial charge < -0.3 is 14.7 Å². The van der Waals surface area contributed by atoms with Crippen molar-refractivity contribution >= 4 is 28.6 Å². The maximum absolute atomic E-state index is 12.0. The third-order valence-electron chi connectivity index (χ3n) is 3.91. The minimum atomic E-state index is 0.169. The molecule has 122 valence electrons. The zero-order chi connectivity index (χ0) is 16.4. The van der Waals surface area contributed by atoms with Crippen LogP contribution in [0.1, 0.15) is 18.7 Å². The lowest BCUT2D eigenvalue weighted by atomic mass is 10.2. The largest absolute Gasteiger partial charge is 0.374 e. The minimum absolute atomic E-state index is 0.169. The van der Waals surface area contributed by atoms with Crippen molar-refractivity contribution in [2.75, 3.05) is 16.8 Å². The highest BCUT2D eigenvalue weighted by Crippen LogP contribution is 2.29. The van der Waals surface area contributed by atoms with Crippen LogP contribution in [-0.4, -0.2) is 22.6 Å². The van der Waals surface area contributed by atoms with Gasteiger partial charge in [0.2, 0.25) is 17.6 Å². The van der Waals surface area contributed by atoms with Gasteiger partial charge in [0.05, 0.1) is 22.8 Å². The second kappa shape index (κ2) is 6.45. The second-order valence-electron chi connectivity index (χ2n) is 5.51. The van der Waals surface area contributed by atoms with Crippen LogP contribution in [-0.2, 0) is 11.3 Å². The topological polar surface area (TPSA) is 71.3 Å². The number of nitrogens with zero attached hydrogens (tertiary/aromatic N) is 3. The Bertz CT molecular complexity index is 844. The summed E-state index contributed by atoms with van der Waals surface area (Å²) in [7, 11) is 0. The number of carbonyl (C=O) groups excluding carboxylic acids is 1. The zero-order valence-corrected chi connectivity index (χ0v) is 13.8. The molecule has 1 saturated heterocycles. The predicted molar refractivity (Wildman–Crippen MR) is 93.0 cm³/mol. The van der Waals surface area contributed by atoms with E-state index in [0.717, 1.165) is 29.2 Å². The Morgan fingerprint density at radius 3 is 2.96 bits per heavy atom. The second-order valence-corrected chi connectivity index (χ2v) is 6.46. The van der Waals surface area contributed by atoms with Crippen LogP contribution in [0.3, 0.4) is 0 Å². The van der Waals surface area contributed by atoms with E-state index in [-0.39, 0.29) is 5.91 Å². The van der Waals surface area contributed by atoms with Gasteiger partial charge in [0.1, 0.15) is 0 Å². The molecule has 1 aliphatic heterocycles. The molecule has 4 rings (SSSR count). The Balaban J connectivity index is 1.49. The molecular weight excluding hydrogens is 324 g/mol. The average Bonchev–Trinajstić information content (AvgIpc) is 3.34. The van der Waals surface area contributed by atoms with Crippen LogP contribution in [0.4, 0.5) is 11.4 Å². The van der Waals surface area contributed by atoms with Gasteiger partial charge in [0, 0.05) is 13.0 Å². The Morgan fingerprint density at radius 2 is 2.17 bits per heavy atom. The number of rotatable bonds is 5. The number of hydrogen-bond donors (Lipinski definition) is 1. The van der Waals surface area contributed by atoms with Crippen molar-refractivity contribution in [2.45, 2.75) is 19.4 Å². The number of para-hydroxylation sites is 2. The summed E-state index contributed by atoms with van der Waals surface area (Å²) in [6.07, 6.45) is 1.52. The van der Waals surface area contributed by atoms with E-state index in [2.05, 4.69) is 15.5 Å². The van der Waals surface area contributed by atoms with E-state index in [1.807, 2.05) is 46.7 Å². The number of anilines is 2. The van der Waals surface area contributed by atoms with E-state index in [0.29, 0.717) is 24.7 Å². The van der Waals surface area contributed by atoms with E-state index in [4.69, 9.17) is 4.52 Å². The number of aromatic nitrogens is 2. The number of hydrogen-bond acceptors (Lipinski definition) is 6. The Kier molecular flexibility index (Phi) is 4.00. The van der Waals surface area contributed by atoms with Gasteiger partial charge in [-0.05, 0) is 30.0 Å². The summed E-state index contributed by atoms with van der Waals surface area (Å²) in [6.45, 7) is 1.18. The van der Waals surface area contributed by atoms with Gasteiger partial charge in [-0.3, -0.25) is 4.79 Å². The molecule has 1 aliphatic rings. The van der Waals surface area contributed by atoms with Crippen molar-refractivity contribution in [3.05, 3.63) is 47.7 Å². The minimum Gasteiger partial charge on any atom is -0.374 e. The summed E-state index contributed by atoms with van der Waals surface area (Å²) in [4.78, 5) is 19.2. The predicted octanol–water partition coefficient (Wildman–Crippen LogP) is 3.54. The first-order chi connectivity index (χ1) is 11.8. The van der Waals surface area contributed by atoms with Crippen molar-refractivity contribution in [3.8, 4) is 10.7 Å². The average molecular weight is 340 g/mol. The molecule has 3 heterocycles. The Hall–Kier alpha value is -2.67. The fourth-order valence-corrected chi connectivity index (χ4v) is 3.41. The summed E-state index contributed by atoms with van der Waals surface area (Å²) in [5, 5.41) is 9.28. The molecule has 1 amide bonds. The monoisotopic (exact) mass is 340 g/mol. The first-order valence-corrected chi connectivity index (χ1v) is 8.69. The van der Waals surface area contributed by atoms with E-state index in [1.54, 1.807) is 11.3 Å². The van der Waals surface area contributed by atoms with Crippen LogP contribution < -0.4 is 10.2 Å². The number of carbonyl (C=O) groups is 1. The van der Waals surface area contributed by atoms with Crippen molar-refractivity contribution < 1.29 is 9.32 Å². The van der Waals surface area contributed by atoms with Crippen molar-refractivity contribution in [2.24, 2.45) is 0 Å². The normalized spacial score (nSPS) is 14.3. The van der Waals surface area contributed by atoms with Crippen LogP contribution in [0.5, 0.6) is 0 Å². The summed E-state index contributed by atoms with van der Waals surface area (Å²) in [5.74, 6) is 1.28. The molecule has 1 N–H and O–H groups in total. The van der Waals surface area contributed by atoms with Crippen LogP contribution in [0.2, 0.25) is 0 Å². The van der Waals surface area contributed by atoms with Crippen molar-refractivity contribution in [1.29, 1.82) is 0 Å². The van der Waals surface area contributed by atoms with Gasteiger partial charge in [0.15, 0.2) is 0 Å². The van der Waals surface area contributed by atoms with Crippen LogP contribution in [0, 0.1) is 0 Å². The standard InChI is InChI=1S/C17H16N4O2S/c22-16-8-3-9-21(16)13-6-2-1-5-12(13)18-11-15-19-17(20-23-15)14-7-4-10-24-14/h1-2,4-7,10,18H,3,8-9,11H2. The van der Waals surface area contributed by atoms with Gasteiger partial charge in [0.25, 0.3) is 0 Å².